The van der Waals surface area contributed by atoms with Crippen LogP contribution in [0, 0.1) is 0 Å². The molecule has 80 valence electrons. The summed E-state index contributed by atoms with van der Waals surface area (Å²) in [6.07, 6.45) is 4.17. The second kappa shape index (κ2) is 3.88. The number of nitrogens with zero attached hydrogens (tertiary/aromatic N) is 2. The van der Waals surface area contributed by atoms with Crippen molar-refractivity contribution in [2.75, 3.05) is 18.5 Å². The second-order valence-corrected chi connectivity index (χ2v) is 3.96. The highest BCUT2D eigenvalue weighted by atomic mass is 16.4. The maximum Gasteiger partial charge on any atom is 0.323 e. The van der Waals surface area contributed by atoms with E-state index in [1.54, 1.807) is 18.1 Å². The zero-order chi connectivity index (χ0) is 10.8. The van der Waals surface area contributed by atoms with Crippen LogP contribution in [0.4, 0.5) is 5.69 Å². The Morgan fingerprint density at radius 2 is 2.40 bits per heavy atom. The third-order valence-corrected chi connectivity index (χ3v) is 2.57. The number of hydrogen-bond donors (Lipinski definition) is 1. The molecular formula is C11H14N2O2. The Morgan fingerprint density at radius 1 is 1.67 bits per heavy atom. The number of aromatic nitrogens is 1. The number of likely N-dealkylation sites (N-methyl/N-ethyl adjacent to an activating group) is 1. The molecule has 0 spiro atoms. The first-order valence-electron chi connectivity index (χ1n) is 5.05. The fourth-order valence-electron chi connectivity index (χ4n) is 1.57. The number of anilines is 1. The largest absolute Gasteiger partial charge is 0.480 e. The van der Waals surface area contributed by atoms with Gasteiger partial charge in [-0.2, -0.15) is 0 Å². The lowest BCUT2D eigenvalue weighted by molar-refractivity contribution is -0.135. The molecule has 4 nitrogen and oxygen atoms in total. The van der Waals surface area contributed by atoms with Crippen molar-refractivity contribution in [3.8, 4) is 0 Å². The summed E-state index contributed by atoms with van der Waals surface area (Å²) in [6.45, 7) is 0.0219. The van der Waals surface area contributed by atoms with Crippen molar-refractivity contribution in [3.05, 3.63) is 24.0 Å². The third-order valence-electron chi connectivity index (χ3n) is 2.57. The van der Waals surface area contributed by atoms with Crippen molar-refractivity contribution in [3.63, 3.8) is 0 Å². The van der Waals surface area contributed by atoms with E-state index in [2.05, 4.69) is 4.98 Å². The Morgan fingerprint density at radius 3 is 3.00 bits per heavy atom. The molecule has 0 saturated heterocycles. The van der Waals surface area contributed by atoms with Gasteiger partial charge in [-0.25, -0.2) is 0 Å². The first-order chi connectivity index (χ1) is 7.16. The van der Waals surface area contributed by atoms with Gasteiger partial charge in [0.05, 0.1) is 0 Å². The molecule has 1 heterocycles. The fourth-order valence-corrected chi connectivity index (χ4v) is 1.57. The van der Waals surface area contributed by atoms with Gasteiger partial charge in [0.1, 0.15) is 6.54 Å². The number of carbonyl (C=O) groups is 1. The van der Waals surface area contributed by atoms with E-state index in [0.717, 1.165) is 11.4 Å². The van der Waals surface area contributed by atoms with Gasteiger partial charge < -0.3 is 10.0 Å². The highest BCUT2D eigenvalue weighted by Gasteiger charge is 2.25. The van der Waals surface area contributed by atoms with Gasteiger partial charge in [-0.15, -0.1) is 0 Å². The van der Waals surface area contributed by atoms with Gasteiger partial charge in [0.25, 0.3) is 0 Å². The molecule has 1 aliphatic rings. The Kier molecular flexibility index (Phi) is 2.58. The molecule has 0 bridgehead atoms. The first kappa shape index (κ1) is 9.96. The monoisotopic (exact) mass is 206 g/mol. The van der Waals surface area contributed by atoms with Gasteiger partial charge in [-0.05, 0) is 25.0 Å². The van der Waals surface area contributed by atoms with Crippen LogP contribution < -0.4 is 4.90 Å². The third kappa shape index (κ3) is 2.46. The van der Waals surface area contributed by atoms with E-state index >= 15 is 0 Å². The predicted molar refractivity (Wildman–Crippen MR) is 57.1 cm³/mol. The standard InChI is InChI=1S/C11H14N2O2/c1-13(7-11(14)15)9-4-5-12-10(6-9)8-2-3-8/h4-6,8H,2-3,7H2,1H3,(H,14,15). The SMILES string of the molecule is CN(CC(=O)O)c1ccnc(C2CC2)c1. The van der Waals surface area contributed by atoms with Gasteiger partial charge in [0, 0.05) is 30.5 Å². The van der Waals surface area contributed by atoms with E-state index in [-0.39, 0.29) is 6.54 Å². The van der Waals surface area contributed by atoms with Crippen LogP contribution in [0.5, 0.6) is 0 Å². The van der Waals surface area contributed by atoms with E-state index < -0.39 is 5.97 Å². The van der Waals surface area contributed by atoms with E-state index in [1.165, 1.54) is 12.8 Å². The van der Waals surface area contributed by atoms with Gasteiger partial charge in [-0.3, -0.25) is 9.78 Å². The molecule has 0 amide bonds. The summed E-state index contributed by atoms with van der Waals surface area (Å²) in [4.78, 5) is 16.6. The molecule has 1 aromatic rings. The minimum atomic E-state index is -0.817. The lowest BCUT2D eigenvalue weighted by Crippen LogP contribution is -2.25. The molecule has 0 aromatic carbocycles. The van der Waals surface area contributed by atoms with Crippen LogP contribution in [0.1, 0.15) is 24.5 Å². The van der Waals surface area contributed by atoms with E-state index in [9.17, 15) is 4.79 Å². The molecule has 2 rings (SSSR count). The summed E-state index contributed by atoms with van der Waals surface area (Å²) in [5.74, 6) is -0.217. The van der Waals surface area contributed by atoms with Crippen LogP contribution in [0.3, 0.4) is 0 Å². The summed E-state index contributed by atoms with van der Waals surface area (Å²) < 4.78 is 0. The summed E-state index contributed by atoms with van der Waals surface area (Å²) in [7, 11) is 1.78. The molecule has 0 atom stereocenters. The molecule has 1 fully saturated rings. The van der Waals surface area contributed by atoms with Gasteiger partial charge >= 0.3 is 5.97 Å². The Bertz CT molecular complexity index is 375. The predicted octanol–water partition coefficient (Wildman–Crippen LogP) is 1.48. The lowest BCUT2D eigenvalue weighted by atomic mass is 10.2. The summed E-state index contributed by atoms with van der Waals surface area (Å²) in [5, 5.41) is 8.68. The number of hydrogen-bond acceptors (Lipinski definition) is 3. The summed E-state index contributed by atoms with van der Waals surface area (Å²) >= 11 is 0. The van der Waals surface area contributed by atoms with Crippen LogP contribution in [0.2, 0.25) is 0 Å². The van der Waals surface area contributed by atoms with E-state index in [4.69, 9.17) is 5.11 Å². The molecule has 0 radical (unpaired) electrons. The number of aliphatic carboxylic acids is 1. The highest BCUT2D eigenvalue weighted by Crippen LogP contribution is 2.39. The smallest absolute Gasteiger partial charge is 0.323 e. The van der Waals surface area contributed by atoms with Crippen LogP contribution >= 0.6 is 0 Å². The number of rotatable bonds is 4. The molecule has 0 unspecified atom stereocenters. The van der Waals surface area contributed by atoms with Crippen LogP contribution in [0.15, 0.2) is 18.3 Å². The van der Waals surface area contributed by atoms with Crippen molar-refractivity contribution in [1.29, 1.82) is 0 Å². The molecule has 1 saturated carbocycles. The molecule has 0 aliphatic heterocycles. The van der Waals surface area contributed by atoms with Gasteiger partial charge in [-0.1, -0.05) is 0 Å². The maximum absolute atomic E-state index is 10.6. The first-order valence-corrected chi connectivity index (χ1v) is 5.05. The topological polar surface area (TPSA) is 53.4 Å². The highest BCUT2D eigenvalue weighted by molar-refractivity contribution is 5.73. The van der Waals surface area contributed by atoms with Crippen LogP contribution in [-0.4, -0.2) is 29.7 Å². The number of carboxylic acids is 1. The molecule has 1 aromatic heterocycles. The minimum absolute atomic E-state index is 0.0219. The van der Waals surface area contributed by atoms with E-state index in [1.807, 2.05) is 12.1 Å². The Labute approximate surface area is 88.6 Å². The zero-order valence-electron chi connectivity index (χ0n) is 8.68. The molecule has 1 aliphatic carbocycles. The second-order valence-electron chi connectivity index (χ2n) is 3.96. The van der Waals surface area contributed by atoms with Gasteiger partial charge in [0.2, 0.25) is 0 Å². The molecule has 4 heteroatoms. The van der Waals surface area contributed by atoms with Crippen molar-refractivity contribution in [1.82, 2.24) is 4.98 Å². The molecule has 1 N–H and O–H groups in total. The van der Waals surface area contributed by atoms with Gasteiger partial charge in [0.15, 0.2) is 0 Å². The fraction of sp³-hybridized carbons (Fsp3) is 0.455. The quantitative estimate of drug-likeness (QED) is 0.810. The Hall–Kier alpha value is -1.58. The zero-order valence-corrected chi connectivity index (χ0v) is 8.68. The summed E-state index contributed by atoms with van der Waals surface area (Å²) in [5.41, 5.74) is 2.01. The summed E-state index contributed by atoms with van der Waals surface area (Å²) in [6, 6.07) is 3.83. The van der Waals surface area contributed by atoms with Crippen LogP contribution in [0.25, 0.3) is 0 Å². The van der Waals surface area contributed by atoms with Crippen molar-refractivity contribution < 1.29 is 9.90 Å². The average Bonchev–Trinajstić information content (AvgIpc) is 3.00. The Balaban J connectivity index is 2.12. The minimum Gasteiger partial charge on any atom is -0.480 e. The van der Waals surface area contributed by atoms with Crippen molar-refractivity contribution in [2.24, 2.45) is 0 Å². The maximum atomic E-state index is 10.6. The number of carboxylic acid groups (broad SMARTS) is 1. The van der Waals surface area contributed by atoms with E-state index in [0.29, 0.717) is 5.92 Å². The van der Waals surface area contributed by atoms with Crippen molar-refractivity contribution in [2.45, 2.75) is 18.8 Å². The average molecular weight is 206 g/mol. The van der Waals surface area contributed by atoms with Crippen LogP contribution in [-0.2, 0) is 4.79 Å². The normalized spacial score (nSPS) is 15.0. The number of pyridine rings is 1. The lowest BCUT2D eigenvalue weighted by Gasteiger charge is -2.16. The molecule has 15 heavy (non-hydrogen) atoms. The molecular weight excluding hydrogens is 192 g/mol. The van der Waals surface area contributed by atoms with Crippen molar-refractivity contribution >= 4 is 11.7 Å².